The smallest absolute Gasteiger partial charge is 0.147 e. The zero-order valence-electron chi connectivity index (χ0n) is 19.1. The van der Waals surface area contributed by atoms with Gasteiger partial charge in [0.15, 0.2) is 0 Å². The van der Waals surface area contributed by atoms with Gasteiger partial charge in [-0.3, -0.25) is 4.98 Å². The first-order valence-corrected chi connectivity index (χ1v) is 11.3. The minimum Gasteiger partial charge on any atom is -0.457 e. The highest BCUT2D eigenvalue weighted by molar-refractivity contribution is 5.51. The molecule has 7 heteroatoms. The van der Waals surface area contributed by atoms with Gasteiger partial charge < -0.3 is 15.2 Å². The molecule has 1 aliphatic carbocycles. The number of pyridine rings is 1. The standard InChI is InChI=1S/C26H29N5O2/c1-18-3-6-22(7-4-18)33-23-11-14-28-16-19(23)5-8-24-29-17-20(15-27)25(31-24)30-21-9-12-26(2,32)13-10-21/h3-4,6-7,11,14,16-17,21,32H,5,8-10,12-13H2,1-2H3,(H,29,30,31). The molecule has 2 N–H and O–H groups in total. The third-order valence-electron chi connectivity index (χ3n) is 6.09. The number of anilines is 1. The number of nitrogens with one attached hydrogen (secondary N) is 1. The summed E-state index contributed by atoms with van der Waals surface area (Å²) in [6.45, 7) is 3.92. The van der Waals surface area contributed by atoms with Gasteiger partial charge in [-0.1, -0.05) is 17.7 Å². The van der Waals surface area contributed by atoms with Gasteiger partial charge in [-0.25, -0.2) is 9.97 Å². The van der Waals surface area contributed by atoms with Gasteiger partial charge >= 0.3 is 0 Å². The molecule has 0 spiro atoms. The van der Waals surface area contributed by atoms with Crippen LogP contribution in [-0.4, -0.2) is 31.7 Å². The van der Waals surface area contributed by atoms with Crippen LogP contribution in [0.5, 0.6) is 11.5 Å². The van der Waals surface area contributed by atoms with Crippen LogP contribution in [0.3, 0.4) is 0 Å². The molecule has 1 fully saturated rings. The Morgan fingerprint density at radius 3 is 2.64 bits per heavy atom. The Morgan fingerprint density at radius 2 is 1.91 bits per heavy atom. The highest BCUT2D eigenvalue weighted by Gasteiger charge is 2.29. The normalized spacial score (nSPS) is 20.1. The maximum absolute atomic E-state index is 10.2. The van der Waals surface area contributed by atoms with E-state index in [4.69, 9.17) is 4.74 Å². The first-order chi connectivity index (χ1) is 15.9. The Kier molecular flexibility index (Phi) is 6.85. The van der Waals surface area contributed by atoms with Gasteiger partial charge in [0.2, 0.25) is 0 Å². The van der Waals surface area contributed by atoms with Crippen molar-refractivity contribution < 1.29 is 9.84 Å². The second kappa shape index (κ2) is 9.97. The van der Waals surface area contributed by atoms with Crippen LogP contribution in [0.2, 0.25) is 0 Å². The molecule has 0 unspecified atom stereocenters. The van der Waals surface area contributed by atoms with Crippen molar-refractivity contribution in [2.24, 2.45) is 0 Å². The van der Waals surface area contributed by atoms with Gasteiger partial charge in [0.1, 0.15) is 34.8 Å². The van der Waals surface area contributed by atoms with Crippen molar-refractivity contribution in [3.63, 3.8) is 0 Å². The molecule has 0 bridgehead atoms. The molecule has 0 aliphatic heterocycles. The molecular weight excluding hydrogens is 414 g/mol. The van der Waals surface area contributed by atoms with Gasteiger partial charge in [-0.05, 0) is 64.2 Å². The summed E-state index contributed by atoms with van der Waals surface area (Å²) < 4.78 is 6.07. The molecule has 3 aromatic rings. The Labute approximate surface area is 194 Å². The summed E-state index contributed by atoms with van der Waals surface area (Å²) in [6.07, 6.45) is 9.50. The summed E-state index contributed by atoms with van der Waals surface area (Å²) in [5, 5.41) is 23.1. The van der Waals surface area contributed by atoms with E-state index in [9.17, 15) is 10.4 Å². The molecular formula is C26H29N5O2. The van der Waals surface area contributed by atoms with Crippen molar-refractivity contribution in [2.75, 3.05) is 5.32 Å². The lowest BCUT2D eigenvalue weighted by Gasteiger charge is -2.33. The van der Waals surface area contributed by atoms with Crippen molar-refractivity contribution in [1.82, 2.24) is 15.0 Å². The number of hydrogen-bond donors (Lipinski definition) is 2. The SMILES string of the molecule is Cc1ccc(Oc2ccncc2CCc2ncc(C#N)c(NC3CCC(C)(O)CC3)n2)cc1. The number of aromatic nitrogens is 3. The van der Waals surface area contributed by atoms with E-state index in [1.165, 1.54) is 5.56 Å². The second-order valence-electron chi connectivity index (χ2n) is 8.97. The molecule has 2 aromatic heterocycles. The molecule has 1 aromatic carbocycles. The topological polar surface area (TPSA) is 104 Å². The van der Waals surface area contributed by atoms with Crippen molar-refractivity contribution in [2.45, 2.75) is 64.0 Å². The molecule has 33 heavy (non-hydrogen) atoms. The molecule has 0 saturated heterocycles. The van der Waals surface area contributed by atoms with Crippen molar-refractivity contribution >= 4 is 5.82 Å². The predicted octanol–water partition coefficient (Wildman–Crippen LogP) is 4.73. The first-order valence-electron chi connectivity index (χ1n) is 11.3. The number of aryl methyl sites for hydroxylation is 3. The summed E-state index contributed by atoms with van der Waals surface area (Å²) in [7, 11) is 0. The monoisotopic (exact) mass is 443 g/mol. The zero-order valence-corrected chi connectivity index (χ0v) is 19.1. The summed E-state index contributed by atoms with van der Waals surface area (Å²) in [4.78, 5) is 13.3. The van der Waals surface area contributed by atoms with E-state index in [1.54, 1.807) is 18.6 Å². The van der Waals surface area contributed by atoms with Crippen LogP contribution in [0.1, 0.15) is 55.1 Å². The van der Waals surface area contributed by atoms with Gasteiger partial charge in [0, 0.05) is 30.4 Å². The molecule has 1 saturated carbocycles. The van der Waals surface area contributed by atoms with Crippen LogP contribution >= 0.6 is 0 Å². The quantitative estimate of drug-likeness (QED) is 0.544. The fourth-order valence-electron chi connectivity index (χ4n) is 3.99. The fourth-order valence-corrected chi connectivity index (χ4v) is 3.99. The Bertz CT molecular complexity index is 1130. The van der Waals surface area contributed by atoms with Crippen LogP contribution in [0, 0.1) is 18.3 Å². The Hall–Kier alpha value is -3.50. The van der Waals surface area contributed by atoms with E-state index in [0.717, 1.165) is 42.7 Å². The molecule has 4 rings (SSSR count). The minimum absolute atomic E-state index is 0.188. The molecule has 2 heterocycles. The lowest BCUT2D eigenvalue weighted by atomic mass is 9.83. The highest BCUT2D eigenvalue weighted by atomic mass is 16.5. The Morgan fingerprint density at radius 1 is 1.15 bits per heavy atom. The maximum Gasteiger partial charge on any atom is 0.147 e. The van der Waals surface area contributed by atoms with E-state index < -0.39 is 5.60 Å². The molecule has 0 radical (unpaired) electrons. The van der Waals surface area contributed by atoms with Gasteiger partial charge in [0.25, 0.3) is 0 Å². The van der Waals surface area contributed by atoms with Crippen molar-refractivity contribution in [3.05, 3.63) is 71.4 Å². The lowest BCUT2D eigenvalue weighted by molar-refractivity contribution is 0.0196. The molecule has 0 amide bonds. The molecule has 170 valence electrons. The summed E-state index contributed by atoms with van der Waals surface area (Å²) in [5.41, 5.74) is 1.98. The van der Waals surface area contributed by atoms with Crippen LogP contribution in [0.25, 0.3) is 0 Å². The molecule has 7 nitrogen and oxygen atoms in total. The summed E-state index contributed by atoms with van der Waals surface area (Å²) in [6, 6.07) is 12.2. The number of nitrogens with zero attached hydrogens (tertiary/aromatic N) is 4. The first kappa shape index (κ1) is 22.7. The average molecular weight is 444 g/mol. The maximum atomic E-state index is 10.2. The molecule has 0 atom stereocenters. The second-order valence-corrected chi connectivity index (χ2v) is 8.97. The van der Waals surface area contributed by atoms with Gasteiger partial charge in [0.05, 0.1) is 11.8 Å². The van der Waals surface area contributed by atoms with Crippen molar-refractivity contribution in [1.29, 1.82) is 5.26 Å². The van der Waals surface area contributed by atoms with E-state index in [-0.39, 0.29) is 6.04 Å². The highest BCUT2D eigenvalue weighted by Crippen LogP contribution is 2.30. The zero-order chi connectivity index (χ0) is 23.3. The van der Waals surface area contributed by atoms with Crippen LogP contribution in [0.4, 0.5) is 5.82 Å². The van der Waals surface area contributed by atoms with Gasteiger partial charge in [-0.2, -0.15) is 5.26 Å². The Balaban J connectivity index is 1.44. The molecule has 1 aliphatic rings. The van der Waals surface area contributed by atoms with E-state index in [2.05, 4.69) is 26.3 Å². The largest absolute Gasteiger partial charge is 0.457 e. The van der Waals surface area contributed by atoms with Crippen molar-refractivity contribution in [3.8, 4) is 17.6 Å². The van der Waals surface area contributed by atoms with Gasteiger partial charge in [-0.15, -0.1) is 0 Å². The van der Waals surface area contributed by atoms with Crippen LogP contribution in [0.15, 0.2) is 48.9 Å². The number of rotatable bonds is 7. The fraction of sp³-hybridized carbons (Fsp3) is 0.385. The average Bonchev–Trinajstić information content (AvgIpc) is 2.81. The van der Waals surface area contributed by atoms with Crippen LogP contribution in [-0.2, 0) is 12.8 Å². The number of ether oxygens (including phenoxy) is 1. The third kappa shape index (κ3) is 6.05. The number of nitriles is 1. The van der Waals surface area contributed by atoms with E-state index in [1.807, 2.05) is 44.2 Å². The predicted molar refractivity (Wildman–Crippen MR) is 126 cm³/mol. The van der Waals surface area contributed by atoms with E-state index >= 15 is 0 Å². The third-order valence-corrected chi connectivity index (χ3v) is 6.09. The summed E-state index contributed by atoms with van der Waals surface area (Å²) in [5.74, 6) is 2.76. The number of hydrogen-bond acceptors (Lipinski definition) is 7. The lowest BCUT2D eigenvalue weighted by Crippen LogP contribution is -2.36. The minimum atomic E-state index is -0.602. The number of aliphatic hydroxyl groups is 1. The number of benzene rings is 1. The van der Waals surface area contributed by atoms with Crippen LogP contribution < -0.4 is 10.1 Å². The summed E-state index contributed by atoms with van der Waals surface area (Å²) >= 11 is 0. The van der Waals surface area contributed by atoms with E-state index in [0.29, 0.717) is 30.0 Å².